The SMILES string of the molecule is CS(=O)(=O)c1cccc2[nH]c(-c3ccc(N)cc3Cl)nc12. The first kappa shape index (κ1) is 13.9. The molecule has 2 aromatic carbocycles. The fourth-order valence-electron chi connectivity index (χ4n) is 2.16. The molecule has 1 aromatic heterocycles. The lowest BCUT2D eigenvalue weighted by atomic mass is 10.2. The first-order valence-corrected chi connectivity index (χ1v) is 8.37. The summed E-state index contributed by atoms with van der Waals surface area (Å²) in [5.74, 6) is 0.506. The average molecular weight is 322 g/mol. The molecular weight excluding hydrogens is 310 g/mol. The normalized spacial score (nSPS) is 11.9. The number of benzene rings is 2. The Hall–Kier alpha value is -2.05. The third-order valence-corrected chi connectivity index (χ3v) is 4.56. The predicted molar refractivity (Wildman–Crippen MR) is 84.1 cm³/mol. The highest BCUT2D eigenvalue weighted by Crippen LogP contribution is 2.30. The van der Waals surface area contributed by atoms with Gasteiger partial charge in [0.15, 0.2) is 9.84 Å². The molecule has 1 heterocycles. The van der Waals surface area contributed by atoms with Crippen LogP contribution in [0.5, 0.6) is 0 Å². The lowest BCUT2D eigenvalue weighted by molar-refractivity contribution is 0.602. The van der Waals surface area contributed by atoms with Crippen LogP contribution in [0.4, 0.5) is 5.69 Å². The van der Waals surface area contributed by atoms with E-state index in [4.69, 9.17) is 17.3 Å². The van der Waals surface area contributed by atoms with Gasteiger partial charge in [0.2, 0.25) is 0 Å². The number of aromatic amines is 1. The molecule has 0 radical (unpaired) electrons. The number of aromatic nitrogens is 2. The van der Waals surface area contributed by atoms with Crippen LogP contribution in [0, 0.1) is 0 Å². The Labute approximate surface area is 126 Å². The number of fused-ring (bicyclic) bond motifs is 1. The summed E-state index contributed by atoms with van der Waals surface area (Å²) < 4.78 is 23.6. The molecule has 108 valence electrons. The second-order valence-corrected chi connectivity index (χ2v) is 7.14. The number of hydrogen-bond acceptors (Lipinski definition) is 4. The largest absolute Gasteiger partial charge is 0.399 e. The topological polar surface area (TPSA) is 88.8 Å². The zero-order chi connectivity index (χ0) is 15.2. The van der Waals surface area contributed by atoms with Crippen molar-refractivity contribution in [3.05, 3.63) is 41.4 Å². The number of halogens is 1. The van der Waals surface area contributed by atoms with Gasteiger partial charge in [0.05, 0.1) is 15.4 Å². The van der Waals surface area contributed by atoms with Crippen molar-refractivity contribution < 1.29 is 8.42 Å². The van der Waals surface area contributed by atoms with Gasteiger partial charge in [-0.2, -0.15) is 0 Å². The summed E-state index contributed by atoms with van der Waals surface area (Å²) in [6.45, 7) is 0. The summed E-state index contributed by atoms with van der Waals surface area (Å²) in [7, 11) is -3.35. The predicted octanol–water partition coefficient (Wildman–Crippen LogP) is 2.87. The molecule has 0 spiro atoms. The number of nitrogens with two attached hydrogens (primary N) is 1. The van der Waals surface area contributed by atoms with E-state index in [0.717, 1.165) is 6.26 Å². The molecular formula is C14H12ClN3O2S. The first-order chi connectivity index (χ1) is 9.86. The molecule has 0 unspecified atom stereocenters. The van der Waals surface area contributed by atoms with Crippen molar-refractivity contribution in [1.82, 2.24) is 9.97 Å². The van der Waals surface area contributed by atoms with E-state index in [1.54, 1.807) is 30.3 Å². The summed E-state index contributed by atoms with van der Waals surface area (Å²) in [5.41, 5.74) is 7.93. The Morgan fingerprint density at radius 2 is 2.00 bits per heavy atom. The van der Waals surface area contributed by atoms with E-state index < -0.39 is 9.84 Å². The van der Waals surface area contributed by atoms with Gasteiger partial charge in [0, 0.05) is 17.5 Å². The molecule has 0 atom stereocenters. The Morgan fingerprint density at radius 3 is 2.67 bits per heavy atom. The quantitative estimate of drug-likeness (QED) is 0.710. The van der Waals surface area contributed by atoms with E-state index in [9.17, 15) is 8.42 Å². The number of nitrogen functional groups attached to an aromatic ring is 1. The molecule has 5 nitrogen and oxygen atoms in total. The Kier molecular flexibility index (Phi) is 3.15. The fraction of sp³-hybridized carbons (Fsp3) is 0.0714. The van der Waals surface area contributed by atoms with Gasteiger partial charge in [-0.15, -0.1) is 0 Å². The second kappa shape index (κ2) is 4.75. The summed E-state index contributed by atoms with van der Waals surface area (Å²) >= 11 is 6.16. The molecule has 7 heteroatoms. The number of rotatable bonds is 2. The molecule has 0 fully saturated rings. The van der Waals surface area contributed by atoms with E-state index >= 15 is 0 Å². The fourth-order valence-corrected chi connectivity index (χ4v) is 3.27. The summed E-state index contributed by atoms with van der Waals surface area (Å²) in [5, 5.41) is 0.454. The van der Waals surface area contributed by atoms with Crippen molar-refractivity contribution in [2.75, 3.05) is 12.0 Å². The molecule has 3 rings (SSSR count). The van der Waals surface area contributed by atoms with Crippen LogP contribution < -0.4 is 5.73 Å². The minimum atomic E-state index is -3.35. The number of nitrogens with zero attached hydrogens (tertiary/aromatic N) is 1. The molecule has 0 saturated carbocycles. The van der Waals surface area contributed by atoms with Crippen LogP contribution in [-0.2, 0) is 9.84 Å². The van der Waals surface area contributed by atoms with Gasteiger partial charge < -0.3 is 10.7 Å². The van der Waals surface area contributed by atoms with Crippen LogP contribution in [0.15, 0.2) is 41.3 Å². The number of anilines is 1. The number of imidazole rings is 1. The maximum absolute atomic E-state index is 11.8. The van der Waals surface area contributed by atoms with E-state index in [1.807, 2.05) is 0 Å². The first-order valence-electron chi connectivity index (χ1n) is 6.10. The van der Waals surface area contributed by atoms with Gasteiger partial charge in [-0.25, -0.2) is 13.4 Å². The lowest BCUT2D eigenvalue weighted by Gasteiger charge is -2.01. The molecule has 3 aromatic rings. The summed E-state index contributed by atoms with van der Waals surface area (Å²) in [4.78, 5) is 7.65. The number of hydrogen-bond donors (Lipinski definition) is 2. The standard InChI is InChI=1S/C14H12ClN3O2S/c1-21(19,20)12-4-2-3-11-13(12)18-14(17-11)9-6-5-8(16)7-10(9)15/h2-7H,16H2,1H3,(H,17,18). The lowest BCUT2D eigenvalue weighted by Crippen LogP contribution is -1.97. The van der Waals surface area contributed by atoms with Crippen LogP contribution in [-0.4, -0.2) is 24.6 Å². The van der Waals surface area contributed by atoms with Crippen molar-refractivity contribution >= 4 is 38.2 Å². The third-order valence-electron chi connectivity index (χ3n) is 3.12. The van der Waals surface area contributed by atoms with Gasteiger partial charge in [-0.3, -0.25) is 0 Å². The van der Waals surface area contributed by atoms with Gasteiger partial charge in [0.1, 0.15) is 11.3 Å². The zero-order valence-electron chi connectivity index (χ0n) is 11.1. The Bertz CT molecular complexity index is 948. The summed E-state index contributed by atoms with van der Waals surface area (Å²) in [6.07, 6.45) is 1.16. The van der Waals surface area contributed by atoms with Crippen LogP contribution in [0.3, 0.4) is 0 Å². The number of para-hydroxylation sites is 1. The highest BCUT2D eigenvalue weighted by atomic mass is 35.5. The number of sulfone groups is 1. The molecule has 0 aliphatic heterocycles. The maximum atomic E-state index is 11.8. The molecule has 0 saturated heterocycles. The number of H-pyrrole nitrogens is 1. The van der Waals surface area contributed by atoms with Crippen molar-refractivity contribution in [1.29, 1.82) is 0 Å². The second-order valence-electron chi connectivity index (χ2n) is 4.75. The number of nitrogens with one attached hydrogen (secondary N) is 1. The van der Waals surface area contributed by atoms with Crippen LogP contribution >= 0.6 is 11.6 Å². The molecule has 0 amide bonds. The van der Waals surface area contributed by atoms with E-state index in [1.165, 1.54) is 6.07 Å². The minimum Gasteiger partial charge on any atom is -0.399 e. The van der Waals surface area contributed by atoms with Crippen molar-refractivity contribution in [3.63, 3.8) is 0 Å². The molecule has 21 heavy (non-hydrogen) atoms. The van der Waals surface area contributed by atoms with Crippen molar-refractivity contribution in [2.45, 2.75) is 4.90 Å². The third kappa shape index (κ3) is 2.48. The molecule has 0 aliphatic carbocycles. The highest BCUT2D eigenvalue weighted by molar-refractivity contribution is 7.91. The van der Waals surface area contributed by atoms with Crippen LogP contribution in [0.2, 0.25) is 5.02 Å². The van der Waals surface area contributed by atoms with E-state index in [-0.39, 0.29) is 4.90 Å². The highest BCUT2D eigenvalue weighted by Gasteiger charge is 2.16. The minimum absolute atomic E-state index is 0.189. The molecule has 0 aliphatic rings. The van der Waals surface area contributed by atoms with Crippen LogP contribution in [0.1, 0.15) is 0 Å². The van der Waals surface area contributed by atoms with Gasteiger partial charge >= 0.3 is 0 Å². The Balaban J connectivity index is 2.27. The van der Waals surface area contributed by atoms with Gasteiger partial charge in [-0.1, -0.05) is 17.7 Å². The monoisotopic (exact) mass is 321 g/mol. The van der Waals surface area contributed by atoms with Crippen molar-refractivity contribution in [2.24, 2.45) is 0 Å². The maximum Gasteiger partial charge on any atom is 0.177 e. The zero-order valence-corrected chi connectivity index (χ0v) is 12.7. The van der Waals surface area contributed by atoms with Gasteiger partial charge in [-0.05, 0) is 30.3 Å². The summed E-state index contributed by atoms with van der Waals surface area (Å²) in [6, 6.07) is 10.1. The van der Waals surface area contributed by atoms with E-state index in [2.05, 4.69) is 9.97 Å². The average Bonchev–Trinajstić information content (AvgIpc) is 2.80. The van der Waals surface area contributed by atoms with Crippen molar-refractivity contribution in [3.8, 4) is 11.4 Å². The van der Waals surface area contributed by atoms with Gasteiger partial charge in [0.25, 0.3) is 0 Å². The molecule has 0 bridgehead atoms. The smallest absolute Gasteiger partial charge is 0.177 e. The van der Waals surface area contributed by atoms with Crippen LogP contribution in [0.25, 0.3) is 22.4 Å². The molecule has 3 N–H and O–H groups in total. The van der Waals surface area contributed by atoms with E-state index in [0.29, 0.717) is 33.1 Å². The Morgan fingerprint density at radius 1 is 1.24 bits per heavy atom.